The van der Waals surface area contributed by atoms with E-state index >= 15 is 0 Å². The molecule has 0 aliphatic rings. The second kappa shape index (κ2) is 9.03. The summed E-state index contributed by atoms with van der Waals surface area (Å²) in [5.74, 6) is 1.18. The lowest BCUT2D eigenvalue weighted by Gasteiger charge is -2.10. The first kappa shape index (κ1) is 18.7. The number of amides is 1. The Morgan fingerprint density at radius 3 is 2.52 bits per heavy atom. The summed E-state index contributed by atoms with van der Waals surface area (Å²) in [5, 5.41) is 13.2. The second-order valence-corrected chi connectivity index (χ2v) is 6.88. The van der Waals surface area contributed by atoms with Gasteiger partial charge in [-0.25, -0.2) is 5.43 Å². The average molecular weight is 403 g/mol. The molecule has 1 amide bonds. The molecule has 1 N–H and O–H groups in total. The molecule has 0 spiro atoms. The Hall–Kier alpha value is -3.65. The standard InChI is InChI=1S/C21H17N5O2S/c27-19(23-22-14-18-12-7-13-28-18)15-29-21-25-24-20(16-8-3-1-4-9-16)26(21)17-10-5-2-6-11-17/h1-14H,15H2,(H,23,27)/b22-14+. The summed E-state index contributed by atoms with van der Waals surface area (Å²) in [6.45, 7) is 0. The molecule has 2 heterocycles. The van der Waals surface area contributed by atoms with Crippen molar-refractivity contribution in [3.63, 3.8) is 0 Å². The summed E-state index contributed by atoms with van der Waals surface area (Å²) < 4.78 is 7.07. The molecule has 0 aliphatic carbocycles. The van der Waals surface area contributed by atoms with Gasteiger partial charge >= 0.3 is 0 Å². The van der Waals surface area contributed by atoms with Crippen molar-refractivity contribution in [1.82, 2.24) is 20.2 Å². The first-order valence-corrected chi connectivity index (χ1v) is 9.84. The van der Waals surface area contributed by atoms with Crippen LogP contribution in [0.25, 0.3) is 17.1 Å². The van der Waals surface area contributed by atoms with Crippen molar-refractivity contribution in [2.45, 2.75) is 5.16 Å². The summed E-state index contributed by atoms with van der Waals surface area (Å²) in [6, 6.07) is 23.1. The van der Waals surface area contributed by atoms with E-state index in [2.05, 4.69) is 20.7 Å². The SMILES string of the molecule is O=C(CSc1nnc(-c2ccccc2)n1-c1ccccc1)N/N=C/c1ccco1. The number of aromatic nitrogens is 3. The Labute approximate surface area is 171 Å². The molecule has 0 aliphatic heterocycles. The lowest BCUT2D eigenvalue weighted by Crippen LogP contribution is -2.19. The number of para-hydroxylation sites is 1. The van der Waals surface area contributed by atoms with E-state index in [9.17, 15) is 4.79 Å². The van der Waals surface area contributed by atoms with Gasteiger partial charge in [-0.15, -0.1) is 10.2 Å². The Morgan fingerprint density at radius 2 is 1.79 bits per heavy atom. The van der Waals surface area contributed by atoms with Gasteiger partial charge in [0.2, 0.25) is 0 Å². The topological polar surface area (TPSA) is 85.3 Å². The highest BCUT2D eigenvalue weighted by Crippen LogP contribution is 2.27. The zero-order chi connectivity index (χ0) is 19.9. The number of rotatable bonds is 7. The third-order valence-corrected chi connectivity index (χ3v) is 4.87. The van der Waals surface area contributed by atoms with E-state index in [1.165, 1.54) is 18.0 Å². The van der Waals surface area contributed by atoms with Crippen LogP contribution in [0.5, 0.6) is 0 Å². The summed E-state index contributed by atoms with van der Waals surface area (Å²) >= 11 is 1.29. The van der Waals surface area contributed by atoms with E-state index in [1.54, 1.807) is 18.4 Å². The molecule has 8 heteroatoms. The zero-order valence-corrected chi connectivity index (χ0v) is 16.1. The van der Waals surface area contributed by atoms with Gasteiger partial charge in [-0.1, -0.05) is 60.3 Å². The van der Waals surface area contributed by atoms with E-state index in [1.807, 2.05) is 65.2 Å². The highest BCUT2D eigenvalue weighted by molar-refractivity contribution is 7.99. The van der Waals surface area contributed by atoms with Gasteiger partial charge < -0.3 is 4.42 Å². The van der Waals surface area contributed by atoms with Gasteiger partial charge in [0.25, 0.3) is 5.91 Å². The van der Waals surface area contributed by atoms with E-state index in [-0.39, 0.29) is 11.7 Å². The number of furan rings is 1. The quantitative estimate of drug-likeness (QED) is 0.288. The van der Waals surface area contributed by atoms with Crippen LogP contribution in [-0.4, -0.2) is 32.6 Å². The monoisotopic (exact) mass is 403 g/mol. The van der Waals surface area contributed by atoms with Crippen LogP contribution in [0.2, 0.25) is 0 Å². The maximum atomic E-state index is 12.1. The van der Waals surface area contributed by atoms with Crippen LogP contribution in [0, 0.1) is 0 Å². The number of hydrogen-bond donors (Lipinski definition) is 1. The number of thioether (sulfide) groups is 1. The largest absolute Gasteiger partial charge is 0.463 e. The minimum Gasteiger partial charge on any atom is -0.463 e. The number of nitrogens with zero attached hydrogens (tertiary/aromatic N) is 4. The third-order valence-electron chi connectivity index (χ3n) is 3.94. The van der Waals surface area contributed by atoms with Crippen molar-refractivity contribution >= 4 is 23.9 Å². The van der Waals surface area contributed by atoms with E-state index < -0.39 is 0 Å². The van der Waals surface area contributed by atoms with Crippen molar-refractivity contribution in [2.75, 3.05) is 5.75 Å². The van der Waals surface area contributed by atoms with E-state index in [4.69, 9.17) is 4.42 Å². The number of hydrazone groups is 1. The third kappa shape index (κ3) is 4.61. The minimum atomic E-state index is -0.248. The predicted molar refractivity (Wildman–Crippen MR) is 112 cm³/mol. The molecular weight excluding hydrogens is 386 g/mol. The van der Waals surface area contributed by atoms with Crippen molar-refractivity contribution in [3.05, 3.63) is 84.8 Å². The highest BCUT2D eigenvalue weighted by atomic mass is 32.2. The number of hydrogen-bond acceptors (Lipinski definition) is 6. The van der Waals surface area contributed by atoms with E-state index in [0.29, 0.717) is 10.9 Å². The molecule has 0 saturated heterocycles. The number of carbonyl (C=O) groups is 1. The van der Waals surface area contributed by atoms with Crippen LogP contribution in [0.15, 0.2) is 93.7 Å². The number of benzene rings is 2. The first-order valence-electron chi connectivity index (χ1n) is 8.86. The minimum absolute atomic E-state index is 0.148. The van der Waals surface area contributed by atoms with Crippen LogP contribution in [0.3, 0.4) is 0 Å². The maximum Gasteiger partial charge on any atom is 0.250 e. The fraction of sp³-hybridized carbons (Fsp3) is 0.0476. The lowest BCUT2D eigenvalue weighted by molar-refractivity contribution is -0.118. The second-order valence-electron chi connectivity index (χ2n) is 5.94. The van der Waals surface area contributed by atoms with Gasteiger partial charge in [0.05, 0.1) is 18.2 Å². The molecule has 4 aromatic rings. The highest BCUT2D eigenvalue weighted by Gasteiger charge is 2.16. The van der Waals surface area contributed by atoms with Gasteiger partial charge in [-0.2, -0.15) is 5.10 Å². The van der Waals surface area contributed by atoms with Crippen molar-refractivity contribution < 1.29 is 9.21 Å². The number of carbonyl (C=O) groups excluding carboxylic acids is 1. The average Bonchev–Trinajstić information content (AvgIpc) is 3.43. The summed E-state index contributed by atoms with van der Waals surface area (Å²) in [4.78, 5) is 12.1. The predicted octanol–water partition coefficient (Wildman–Crippen LogP) is 3.77. The molecule has 2 aromatic carbocycles. The maximum absolute atomic E-state index is 12.1. The Bertz CT molecular complexity index is 1090. The van der Waals surface area contributed by atoms with Gasteiger partial charge in [0.15, 0.2) is 11.0 Å². The van der Waals surface area contributed by atoms with Crippen LogP contribution in [-0.2, 0) is 4.79 Å². The molecular formula is C21H17N5O2S. The van der Waals surface area contributed by atoms with Gasteiger partial charge in [0, 0.05) is 11.3 Å². The molecule has 0 fully saturated rings. The Kier molecular flexibility index (Phi) is 5.82. The lowest BCUT2D eigenvalue weighted by atomic mass is 10.2. The van der Waals surface area contributed by atoms with Crippen molar-refractivity contribution in [2.24, 2.45) is 5.10 Å². The van der Waals surface area contributed by atoms with Crippen molar-refractivity contribution in [3.8, 4) is 17.1 Å². The number of nitrogens with one attached hydrogen (secondary N) is 1. The summed E-state index contributed by atoms with van der Waals surface area (Å²) in [6.07, 6.45) is 2.99. The molecule has 0 unspecified atom stereocenters. The van der Waals surface area contributed by atoms with Crippen LogP contribution >= 0.6 is 11.8 Å². The van der Waals surface area contributed by atoms with Gasteiger partial charge in [0.1, 0.15) is 5.76 Å². The fourth-order valence-corrected chi connectivity index (χ4v) is 3.39. The molecule has 0 atom stereocenters. The van der Waals surface area contributed by atoms with Gasteiger partial charge in [-0.3, -0.25) is 9.36 Å². The normalized spacial score (nSPS) is 11.0. The molecule has 0 bridgehead atoms. The summed E-state index contributed by atoms with van der Waals surface area (Å²) in [7, 11) is 0. The Morgan fingerprint density at radius 1 is 1.03 bits per heavy atom. The molecule has 29 heavy (non-hydrogen) atoms. The van der Waals surface area contributed by atoms with Crippen LogP contribution in [0.1, 0.15) is 5.76 Å². The molecule has 7 nitrogen and oxygen atoms in total. The van der Waals surface area contributed by atoms with E-state index in [0.717, 1.165) is 17.1 Å². The smallest absolute Gasteiger partial charge is 0.250 e. The first-order chi connectivity index (χ1) is 14.3. The van der Waals surface area contributed by atoms with Crippen molar-refractivity contribution in [1.29, 1.82) is 0 Å². The molecule has 144 valence electrons. The molecule has 2 aromatic heterocycles. The molecule has 0 saturated carbocycles. The zero-order valence-electron chi connectivity index (χ0n) is 15.3. The van der Waals surface area contributed by atoms with Crippen LogP contribution in [0.4, 0.5) is 0 Å². The molecule has 4 rings (SSSR count). The van der Waals surface area contributed by atoms with Gasteiger partial charge in [-0.05, 0) is 24.3 Å². The Balaban J connectivity index is 1.51. The molecule has 0 radical (unpaired) electrons. The fourth-order valence-electron chi connectivity index (χ4n) is 2.64. The van der Waals surface area contributed by atoms with Crippen LogP contribution < -0.4 is 5.43 Å². The summed E-state index contributed by atoms with van der Waals surface area (Å²) in [5.41, 5.74) is 4.35.